The van der Waals surface area contributed by atoms with Crippen molar-refractivity contribution in [1.29, 1.82) is 0 Å². The van der Waals surface area contributed by atoms with Crippen LogP contribution >= 0.6 is 11.3 Å². The Hall–Kier alpha value is -3.06. The van der Waals surface area contributed by atoms with Crippen LogP contribution in [0.15, 0.2) is 60.2 Å². The van der Waals surface area contributed by atoms with Gasteiger partial charge in [0.15, 0.2) is 5.13 Å². The number of aromatic nitrogens is 2. The molecule has 0 bridgehead atoms. The summed E-state index contributed by atoms with van der Waals surface area (Å²) >= 11 is 1.30. The molecule has 0 fully saturated rings. The van der Waals surface area contributed by atoms with Crippen molar-refractivity contribution in [3.63, 3.8) is 0 Å². The van der Waals surface area contributed by atoms with E-state index >= 15 is 0 Å². The minimum Gasteiger partial charge on any atom is -0.355 e. The largest absolute Gasteiger partial charge is 0.355 e. The molecule has 132 valence electrons. The molecule has 0 unspecified atom stereocenters. The fourth-order valence-electron chi connectivity index (χ4n) is 2.32. The molecule has 0 aliphatic heterocycles. The van der Waals surface area contributed by atoms with Crippen LogP contribution in [-0.2, 0) is 17.6 Å². The highest BCUT2D eigenvalue weighted by molar-refractivity contribution is 7.14. The van der Waals surface area contributed by atoms with E-state index in [0.717, 1.165) is 12.0 Å². The zero-order chi connectivity index (χ0) is 18.2. The van der Waals surface area contributed by atoms with Gasteiger partial charge in [-0.1, -0.05) is 24.3 Å². The average Bonchev–Trinajstić information content (AvgIpc) is 3.10. The van der Waals surface area contributed by atoms with E-state index < -0.39 is 0 Å². The van der Waals surface area contributed by atoms with Crippen LogP contribution in [0, 0.1) is 0 Å². The standard InChI is InChI=1S/C19H18N4O2S/c24-17(21-10-8-14-5-4-9-20-12-14)11-16-13-26-19(22-16)23-18(25)15-6-2-1-3-7-15/h1-7,9,12-13H,8,10-11H2,(H,21,24)(H,22,23,25). The van der Waals surface area contributed by atoms with Crippen LogP contribution in [-0.4, -0.2) is 28.3 Å². The molecule has 0 atom stereocenters. The molecule has 1 aromatic carbocycles. The van der Waals surface area contributed by atoms with Gasteiger partial charge in [-0.15, -0.1) is 11.3 Å². The number of hydrogen-bond acceptors (Lipinski definition) is 5. The second-order valence-corrected chi connectivity index (χ2v) is 6.46. The predicted molar refractivity (Wildman–Crippen MR) is 101 cm³/mol. The number of nitrogens with zero attached hydrogens (tertiary/aromatic N) is 2. The van der Waals surface area contributed by atoms with E-state index in [1.165, 1.54) is 11.3 Å². The number of amides is 2. The first-order valence-electron chi connectivity index (χ1n) is 8.17. The monoisotopic (exact) mass is 366 g/mol. The molecule has 0 saturated carbocycles. The van der Waals surface area contributed by atoms with Gasteiger partial charge in [-0.05, 0) is 30.2 Å². The molecule has 2 N–H and O–H groups in total. The molecule has 3 aromatic rings. The molecule has 2 heterocycles. The van der Waals surface area contributed by atoms with Gasteiger partial charge in [0, 0.05) is 29.9 Å². The number of nitrogens with one attached hydrogen (secondary N) is 2. The molecule has 7 heteroatoms. The first kappa shape index (κ1) is 17.8. The Morgan fingerprint density at radius 1 is 1.08 bits per heavy atom. The smallest absolute Gasteiger partial charge is 0.257 e. The van der Waals surface area contributed by atoms with Crippen molar-refractivity contribution >= 4 is 28.3 Å². The number of carbonyl (C=O) groups is 2. The molecular formula is C19H18N4O2S. The van der Waals surface area contributed by atoms with E-state index in [4.69, 9.17) is 0 Å². The number of rotatable bonds is 7. The number of carbonyl (C=O) groups excluding carboxylic acids is 2. The van der Waals surface area contributed by atoms with Crippen LogP contribution in [0.25, 0.3) is 0 Å². The molecular weight excluding hydrogens is 348 g/mol. The fourth-order valence-corrected chi connectivity index (χ4v) is 3.03. The van der Waals surface area contributed by atoms with E-state index in [-0.39, 0.29) is 18.2 Å². The SMILES string of the molecule is O=C(Cc1csc(NC(=O)c2ccccc2)n1)NCCc1cccnc1. The van der Waals surface area contributed by atoms with E-state index in [0.29, 0.717) is 22.9 Å². The van der Waals surface area contributed by atoms with Gasteiger partial charge >= 0.3 is 0 Å². The van der Waals surface area contributed by atoms with Crippen molar-refractivity contribution in [2.75, 3.05) is 11.9 Å². The summed E-state index contributed by atoms with van der Waals surface area (Å²) in [6.07, 6.45) is 4.42. The van der Waals surface area contributed by atoms with Crippen LogP contribution in [0.1, 0.15) is 21.6 Å². The van der Waals surface area contributed by atoms with Crippen molar-refractivity contribution in [2.24, 2.45) is 0 Å². The van der Waals surface area contributed by atoms with Crippen molar-refractivity contribution in [3.8, 4) is 0 Å². The summed E-state index contributed by atoms with van der Waals surface area (Å²) in [7, 11) is 0. The van der Waals surface area contributed by atoms with Crippen LogP contribution in [0.5, 0.6) is 0 Å². The second kappa shape index (κ2) is 8.87. The lowest BCUT2D eigenvalue weighted by Gasteiger charge is -2.04. The third kappa shape index (κ3) is 5.22. The van der Waals surface area contributed by atoms with E-state index in [1.807, 2.05) is 18.2 Å². The van der Waals surface area contributed by atoms with Crippen LogP contribution < -0.4 is 10.6 Å². The van der Waals surface area contributed by atoms with Crippen molar-refractivity contribution in [2.45, 2.75) is 12.8 Å². The van der Waals surface area contributed by atoms with Crippen LogP contribution in [0.2, 0.25) is 0 Å². The second-order valence-electron chi connectivity index (χ2n) is 5.60. The van der Waals surface area contributed by atoms with Gasteiger partial charge < -0.3 is 5.32 Å². The maximum absolute atomic E-state index is 12.1. The van der Waals surface area contributed by atoms with Crippen molar-refractivity contribution in [1.82, 2.24) is 15.3 Å². The van der Waals surface area contributed by atoms with Crippen molar-refractivity contribution < 1.29 is 9.59 Å². The topological polar surface area (TPSA) is 84.0 Å². The van der Waals surface area contributed by atoms with Gasteiger partial charge in [0.05, 0.1) is 12.1 Å². The predicted octanol–water partition coefficient (Wildman–Crippen LogP) is 2.69. The van der Waals surface area contributed by atoms with Gasteiger partial charge in [0.25, 0.3) is 5.91 Å². The van der Waals surface area contributed by atoms with Gasteiger partial charge in [0.2, 0.25) is 5.91 Å². The van der Waals surface area contributed by atoms with Crippen LogP contribution in [0.4, 0.5) is 5.13 Å². The molecule has 3 rings (SSSR count). The first-order valence-corrected chi connectivity index (χ1v) is 9.05. The normalized spacial score (nSPS) is 10.3. The summed E-state index contributed by atoms with van der Waals surface area (Å²) in [5.74, 6) is -0.312. The quantitative estimate of drug-likeness (QED) is 0.673. The van der Waals surface area contributed by atoms with Gasteiger partial charge in [-0.25, -0.2) is 4.98 Å². The molecule has 2 amide bonds. The third-order valence-corrected chi connectivity index (χ3v) is 4.42. The first-order chi connectivity index (χ1) is 12.7. The number of pyridine rings is 1. The number of anilines is 1. The Balaban J connectivity index is 1.45. The molecule has 0 radical (unpaired) electrons. The summed E-state index contributed by atoms with van der Waals surface area (Å²) < 4.78 is 0. The summed E-state index contributed by atoms with van der Waals surface area (Å²) in [4.78, 5) is 32.4. The highest BCUT2D eigenvalue weighted by atomic mass is 32.1. The molecule has 26 heavy (non-hydrogen) atoms. The average molecular weight is 366 g/mol. The Labute approximate surface area is 155 Å². The van der Waals surface area contributed by atoms with Gasteiger partial charge in [0.1, 0.15) is 0 Å². The van der Waals surface area contributed by atoms with E-state index in [2.05, 4.69) is 20.6 Å². The molecule has 0 aliphatic carbocycles. The lowest BCUT2D eigenvalue weighted by Crippen LogP contribution is -2.27. The summed E-state index contributed by atoms with van der Waals surface area (Å²) in [5.41, 5.74) is 2.28. The van der Waals surface area contributed by atoms with Crippen LogP contribution in [0.3, 0.4) is 0 Å². The highest BCUT2D eigenvalue weighted by Gasteiger charge is 2.11. The Morgan fingerprint density at radius 2 is 1.92 bits per heavy atom. The molecule has 0 spiro atoms. The maximum atomic E-state index is 12.1. The zero-order valence-corrected chi connectivity index (χ0v) is 14.8. The molecule has 0 saturated heterocycles. The lowest BCUT2D eigenvalue weighted by molar-refractivity contribution is -0.120. The zero-order valence-electron chi connectivity index (χ0n) is 14.0. The van der Waals surface area contributed by atoms with Gasteiger partial charge in [-0.3, -0.25) is 19.9 Å². The number of benzene rings is 1. The Morgan fingerprint density at radius 3 is 2.69 bits per heavy atom. The lowest BCUT2D eigenvalue weighted by atomic mass is 10.2. The highest BCUT2D eigenvalue weighted by Crippen LogP contribution is 2.17. The van der Waals surface area contributed by atoms with Gasteiger partial charge in [-0.2, -0.15) is 0 Å². The Kier molecular flexibility index (Phi) is 6.05. The summed E-state index contributed by atoms with van der Waals surface area (Å²) in [5, 5.41) is 7.87. The third-order valence-electron chi connectivity index (χ3n) is 3.61. The summed E-state index contributed by atoms with van der Waals surface area (Å²) in [6, 6.07) is 12.8. The fraction of sp³-hybridized carbons (Fsp3) is 0.158. The molecule has 0 aliphatic rings. The molecule has 2 aromatic heterocycles. The maximum Gasteiger partial charge on any atom is 0.257 e. The van der Waals surface area contributed by atoms with E-state index in [1.54, 1.807) is 42.0 Å². The molecule has 6 nitrogen and oxygen atoms in total. The summed E-state index contributed by atoms with van der Waals surface area (Å²) in [6.45, 7) is 0.548. The Bertz CT molecular complexity index is 866. The number of thiazole rings is 1. The number of hydrogen-bond donors (Lipinski definition) is 2. The van der Waals surface area contributed by atoms with Crippen molar-refractivity contribution in [3.05, 3.63) is 77.1 Å². The minimum absolute atomic E-state index is 0.0971. The minimum atomic E-state index is -0.215. The van der Waals surface area contributed by atoms with E-state index in [9.17, 15) is 9.59 Å².